The molecule has 0 radical (unpaired) electrons. The second-order valence-corrected chi connectivity index (χ2v) is 17.0. The molecular formula is C47H46F5N7O18. The average molecular weight is 1090 g/mol. The van der Waals surface area contributed by atoms with Crippen LogP contribution in [0, 0.1) is 29.1 Å². The molecule has 2 aliphatic heterocycles. The van der Waals surface area contributed by atoms with E-state index in [1.54, 1.807) is 36.4 Å². The van der Waals surface area contributed by atoms with Crippen molar-refractivity contribution in [1.29, 1.82) is 0 Å². The highest BCUT2D eigenvalue weighted by Crippen LogP contribution is 2.45. The summed E-state index contributed by atoms with van der Waals surface area (Å²) in [6.07, 6.45) is -18.6. The number of esters is 6. The Kier molecular flexibility index (Phi) is 19.3. The minimum Gasteiger partial charge on any atom is -0.463 e. The van der Waals surface area contributed by atoms with E-state index in [4.69, 9.17) is 52.1 Å². The summed E-state index contributed by atoms with van der Waals surface area (Å²) in [6.45, 7) is 3.69. The molecule has 2 unspecified atom stereocenters. The number of fused-ring (bicyclic) bond motifs is 3. The van der Waals surface area contributed by atoms with Gasteiger partial charge in [-0.3, -0.25) is 24.0 Å². The standard InChI is InChI=1S/C47H46F5N7O18/c1-18(36(44(65)76-41-34(51)32(49)31(48)33(50)35(41)52)55-47(66)69-15-28-26-13-9-7-11-24(26)25-12-8-10-14-27(25)28)70-45-38(57-59-54)43(40(72-22(5)63)30(74-45)17-68-20(3)61)77-46-37(56-58-53)42(73-23(6)64)39(71-21(4)62)29(75-46)16-67-19(2)60/h7-14,18,28-30,36-40,42-43,45-46H,15-17H2,1-6H3,(H,55,66)/t18?,29-,30-,36?,37-,38-,39+,40+,42-,43-,45+,46-/m1/s1. The van der Waals surface area contributed by atoms with Gasteiger partial charge in [-0.1, -0.05) is 58.8 Å². The molecule has 0 spiro atoms. The molecule has 12 atom stereocenters. The number of halogens is 5. The van der Waals surface area contributed by atoms with Crippen molar-refractivity contribution in [3.8, 4) is 16.9 Å². The lowest BCUT2D eigenvalue weighted by Crippen LogP contribution is -2.66. The average Bonchev–Trinajstić information content (AvgIpc) is 3.72. The highest BCUT2D eigenvalue weighted by molar-refractivity contribution is 5.84. The van der Waals surface area contributed by atoms with Gasteiger partial charge in [0, 0.05) is 50.4 Å². The third-order valence-electron chi connectivity index (χ3n) is 11.8. The number of azide groups is 2. The lowest BCUT2D eigenvalue weighted by Gasteiger charge is -2.48. The van der Waals surface area contributed by atoms with Crippen molar-refractivity contribution in [3.05, 3.63) is 110 Å². The van der Waals surface area contributed by atoms with Crippen LogP contribution >= 0.6 is 0 Å². The molecule has 1 N–H and O–H groups in total. The minimum absolute atomic E-state index is 0.407. The highest BCUT2D eigenvalue weighted by Gasteiger charge is 2.56. The fourth-order valence-corrected chi connectivity index (χ4v) is 8.61. The van der Waals surface area contributed by atoms with E-state index < -0.39 is 176 Å². The van der Waals surface area contributed by atoms with Crippen LogP contribution in [0.5, 0.6) is 5.75 Å². The lowest BCUT2D eigenvalue weighted by molar-refractivity contribution is -0.330. The molecule has 3 aliphatic rings. The maximum Gasteiger partial charge on any atom is 0.407 e. The fraction of sp³-hybridized carbons (Fsp3) is 0.468. The Balaban J connectivity index is 1.40. The molecule has 2 fully saturated rings. The molecule has 77 heavy (non-hydrogen) atoms. The summed E-state index contributed by atoms with van der Waals surface area (Å²) in [7, 11) is 0. The summed E-state index contributed by atoms with van der Waals surface area (Å²) in [6, 6.07) is 7.90. The molecule has 0 bridgehead atoms. The van der Waals surface area contributed by atoms with Gasteiger partial charge in [-0.25, -0.2) is 22.8 Å². The number of ether oxygens (including phenoxy) is 11. The van der Waals surface area contributed by atoms with Crippen LogP contribution in [0.3, 0.4) is 0 Å². The van der Waals surface area contributed by atoms with Gasteiger partial charge in [0.05, 0.1) is 6.10 Å². The monoisotopic (exact) mass is 1090 g/mol. The van der Waals surface area contributed by atoms with Crippen molar-refractivity contribution in [3.63, 3.8) is 0 Å². The number of benzene rings is 3. The Hall–Kier alpha value is -8.14. The van der Waals surface area contributed by atoms with Crippen LogP contribution in [0.4, 0.5) is 26.7 Å². The normalized spacial score (nSPS) is 24.1. The van der Waals surface area contributed by atoms with Crippen LogP contribution in [-0.2, 0) is 76.1 Å². The van der Waals surface area contributed by atoms with Gasteiger partial charge in [0.2, 0.25) is 34.8 Å². The Labute approximate surface area is 431 Å². The van der Waals surface area contributed by atoms with Gasteiger partial charge in [-0.2, -0.15) is 8.78 Å². The van der Waals surface area contributed by atoms with Crippen LogP contribution in [0.1, 0.15) is 58.6 Å². The molecule has 3 aromatic rings. The Morgan fingerprint density at radius 1 is 0.597 bits per heavy atom. The van der Waals surface area contributed by atoms with E-state index in [2.05, 4.69) is 25.4 Å². The zero-order valence-electron chi connectivity index (χ0n) is 41.2. The van der Waals surface area contributed by atoms with Crippen molar-refractivity contribution in [2.24, 2.45) is 10.2 Å². The van der Waals surface area contributed by atoms with E-state index >= 15 is 8.78 Å². The zero-order chi connectivity index (χ0) is 56.4. The Bertz CT molecular complexity index is 2800. The third-order valence-corrected chi connectivity index (χ3v) is 11.8. The predicted molar refractivity (Wildman–Crippen MR) is 242 cm³/mol. The van der Waals surface area contributed by atoms with E-state index in [-0.39, 0.29) is 0 Å². The maximum absolute atomic E-state index is 15.0. The summed E-state index contributed by atoms with van der Waals surface area (Å²) < 4.78 is 134. The first kappa shape index (κ1) is 58.1. The summed E-state index contributed by atoms with van der Waals surface area (Å²) in [4.78, 5) is 95.2. The quantitative estimate of drug-likeness (QED) is 0.0173. The molecule has 0 aromatic heterocycles. The topological polar surface area (TPSA) is 331 Å². The minimum atomic E-state index is -2.61. The number of hydrogen-bond acceptors (Lipinski definition) is 20. The number of amides is 1. The molecule has 3 aromatic carbocycles. The van der Waals surface area contributed by atoms with Crippen LogP contribution in [0.2, 0.25) is 0 Å². The molecule has 1 amide bonds. The predicted octanol–water partition coefficient (Wildman–Crippen LogP) is 5.71. The molecule has 6 rings (SSSR count). The first-order chi connectivity index (χ1) is 36.6. The number of nitrogens with one attached hydrogen (secondary N) is 1. The van der Waals surface area contributed by atoms with Crippen molar-refractivity contribution < 1.29 is 108 Å². The van der Waals surface area contributed by atoms with Crippen LogP contribution in [0.25, 0.3) is 32.0 Å². The number of carbonyl (C=O) groups is 7. The number of rotatable bonds is 19. The van der Waals surface area contributed by atoms with E-state index in [0.717, 1.165) is 63.8 Å². The van der Waals surface area contributed by atoms with Crippen LogP contribution in [0.15, 0.2) is 58.8 Å². The van der Waals surface area contributed by atoms with Crippen molar-refractivity contribution in [2.45, 2.75) is 121 Å². The molecule has 2 saturated heterocycles. The largest absolute Gasteiger partial charge is 0.463 e. The van der Waals surface area contributed by atoms with E-state index in [1.165, 1.54) is 0 Å². The van der Waals surface area contributed by atoms with Gasteiger partial charge in [-0.05, 0) is 40.2 Å². The zero-order valence-corrected chi connectivity index (χ0v) is 41.2. The highest BCUT2D eigenvalue weighted by atomic mass is 19.2. The van der Waals surface area contributed by atoms with E-state index in [1.807, 2.05) is 12.1 Å². The molecule has 0 saturated carbocycles. The van der Waals surface area contributed by atoms with Crippen molar-refractivity contribution in [2.75, 3.05) is 19.8 Å². The Morgan fingerprint density at radius 2 is 1.04 bits per heavy atom. The van der Waals surface area contributed by atoms with Crippen LogP contribution < -0.4 is 10.1 Å². The number of alkyl carbamates (subject to hydrolysis) is 1. The smallest absolute Gasteiger partial charge is 0.407 e. The van der Waals surface area contributed by atoms with Gasteiger partial charge >= 0.3 is 41.9 Å². The maximum atomic E-state index is 15.0. The fourth-order valence-electron chi connectivity index (χ4n) is 8.61. The second-order valence-electron chi connectivity index (χ2n) is 17.0. The number of nitrogens with zero attached hydrogens (tertiary/aromatic N) is 6. The van der Waals surface area contributed by atoms with Gasteiger partial charge in [0.25, 0.3) is 0 Å². The molecule has 2 heterocycles. The summed E-state index contributed by atoms with van der Waals surface area (Å²) in [5.74, 6) is -22.4. The molecule has 1 aliphatic carbocycles. The van der Waals surface area contributed by atoms with Crippen molar-refractivity contribution >= 4 is 41.9 Å². The lowest BCUT2D eigenvalue weighted by atomic mass is 9.94. The van der Waals surface area contributed by atoms with Gasteiger partial charge in [-0.15, -0.1) is 0 Å². The van der Waals surface area contributed by atoms with E-state index in [0.29, 0.717) is 0 Å². The SMILES string of the molecule is CC(=O)OC[C@H]1O[C@H](O[C@@H]2[C@@H](N=[N+]=[N-])[C@@H](OC(C)C(NC(=O)OCC3c4ccccc4-c4ccccc43)C(=O)Oc3c(F)c(F)c(F)c(F)c3F)O[C@H](COC(C)=O)[C@@H]2OC(C)=O)[C@H](N=[N+]=[N-])[C@@H](OC(C)=O)[C@H]1OC(C)=O. The third kappa shape index (κ3) is 13.6. The number of hydrogen-bond donors (Lipinski definition) is 1. The van der Waals surface area contributed by atoms with Gasteiger partial charge in [0.15, 0.2) is 36.9 Å². The molecular weight excluding hydrogens is 1050 g/mol. The molecule has 25 nitrogen and oxygen atoms in total. The summed E-state index contributed by atoms with van der Waals surface area (Å²) in [5, 5.41) is 9.43. The Morgan fingerprint density at radius 3 is 1.52 bits per heavy atom. The van der Waals surface area contributed by atoms with Crippen molar-refractivity contribution in [1.82, 2.24) is 5.32 Å². The first-order valence-corrected chi connectivity index (χ1v) is 22.9. The van der Waals surface area contributed by atoms with E-state index in [9.17, 15) is 57.8 Å². The molecule has 30 heteroatoms. The summed E-state index contributed by atoms with van der Waals surface area (Å²) in [5.41, 5.74) is 22.8. The van der Waals surface area contributed by atoms with Gasteiger partial charge < -0.3 is 57.4 Å². The van der Waals surface area contributed by atoms with Crippen LogP contribution in [-0.4, -0.2) is 135 Å². The first-order valence-electron chi connectivity index (χ1n) is 22.9. The van der Waals surface area contributed by atoms with Gasteiger partial charge in [0.1, 0.15) is 50.2 Å². The second kappa shape index (κ2) is 25.6. The summed E-state index contributed by atoms with van der Waals surface area (Å²) >= 11 is 0. The number of carbonyl (C=O) groups excluding carboxylic acids is 7. The molecule has 412 valence electrons.